The van der Waals surface area contributed by atoms with Crippen LogP contribution in [0.4, 0.5) is 0 Å². The van der Waals surface area contributed by atoms with Crippen molar-refractivity contribution in [3.05, 3.63) is 24.3 Å². The van der Waals surface area contributed by atoms with Crippen molar-refractivity contribution in [2.24, 2.45) is 5.41 Å². The van der Waals surface area contributed by atoms with E-state index in [2.05, 4.69) is 19.6 Å². The number of ketones is 1. The van der Waals surface area contributed by atoms with Gasteiger partial charge in [0.2, 0.25) is 0 Å². The highest BCUT2D eigenvalue weighted by molar-refractivity contribution is 5.90. The third-order valence-corrected chi connectivity index (χ3v) is 3.14. The number of hydrogen-bond acceptors (Lipinski definition) is 1. The lowest BCUT2D eigenvalue weighted by Crippen LogP contribution is -2.23. The van der Waals surface area contributed by atoms with Crippen LogP contribution in [0, 0.1) is 5.41 Å². The standard InChI is InChI=1S/C12H18O/c1-4-6-9-12(3)10(5-2)7-8-11(12)13/h4-5H,1,6-9H2,2-3H3/b10-5+. The van der Waals surface area contributed by atoms with Gasteiger partial charge in [0, 0.05) is 11.8 Å². The Kier molecular flexibility index (Phi) is 3.07. The summed E-state index contributed by atoms with van der Waals surface area (Å²) in [6.45, 7) is 7.80. The molecule has 0 aromatic rings. The van der Waals surface area contributed by atoms with Crippen LogP contribution in [0.1, 0.15) is 39.5 Å². The van der Waals surface area contributed by atoms with Crippen LogP contribution in [0.5, 0.6) is 0 Å². The normalized spacial score (nSPS) is 31.2. The highest BCUT2D eigenvalue weighted by Gasteiger charge is 2.40. The topological polar surface area (TPSA) is 17.1 Å². The first kappa shape index (κ1) is 10.2. The fraction of sp³-hybridized carbons (Fsp3) is 0.583. The van der Waals surface area contributed by atoms with Gasteiger partial charge in [0.25, 0.3) is 0 Å². The van der Waals surface area contributed by atoms with Crippen molar-refractivity contribution < 1.29 is 4.79 Å². The summed E-state index contributed by atoms with van der Waals surface area (Å²) < 4.78 is 0. The molecule has 1 aliphatic carbocycles. The second-order valence-electron chi connectivity index (χ2n) is 3.90. The van der Waals surface area contributed by atoms with Crippen LogP contribution in [-0.2, 0) is 4.79 Å². The molecule has 0 aromatic heterocycles. The van der Waals surface area contributed by atoms with Gasteiger partial charge in [0.1, 0.15) is 5.78 Å². The molecule has 1 unspecified atom stereocenters. The first-order valence-corrected chi connectivity index (χ1v) is 4.95. The van der Waals surface area contributed by atoms with E-state index in [1.54, 1.807) is 0 Å². The third kappa shape index (κ3) is 1.74. The van der Waals surface area contributed by atoms with Gasteiger partial charge in [0.05, 0.1) is 0 Å². The first-order valence-electron chi connectivity index (χ1n) is 4.95. The minimum Gasteiger partial charge on any atom is -0.299 e. The average molecular weight is 178 g/mol. The largest absolute Gasteiger partial charge is 0.299 e. The Morgan fingerprint density at radius 2 is 2.23 bits per heavy atom. The smallest absolute Gasteiger partial charge is 0.143 e. The van der Waals surface area contributed by atoms with Crippen LogP contribution >= 0.6 is 0 Å². The maximum absolute atomic E-state index is 11.7. The Balaban J connectivity index is 2.82. The number of allylic oxidation sites excluding steroid dienone is 3. The molecule has 1 fully saturated rings. The molecule has 1 atom stereocenters. The summed E-state index contributed by atoms with van der Waals surface area (Å²) in [7, 11) is 0. The molecule has 0 bridgehead atoms. The zero-order valence-corrected chi connectivity index (χ0v) is 8.60. The van der Waals surface area contributed by atoms with Crippen molar-refractivity contribution in [3.8, 4) is 0 Å². The second kappa shape index (κ2) is 3.91. The molecule has 1 rings (SSSR count). The van der Waals surface area contributed by atoms with E-state index in [1.807, 2.05) is 13.0 Å². The molecule has 0 saturated heterocycles. The molecule has 0 heterocycles. The van der Waals surface area contributed by atoms with Gasteiger partial charge >= 0.3 is 0 Å². The molecule has 0 amide bonds. The van der Waals surface area contributed by atoms with Crippen molar-refractivity contribution in [3.63, 3.8) is 0 Å². The Morgan fingerprint density at radius 3 is 2.77 bits per heavy atom. The van der Waals surface area contributed by atoms with E-state index in [0.717, 1.165) is 25.7 Å². The number of carbonyl (C=O) groups excluding carboxylic acids is 1. The molecule has 72 valence electrons. The van der Waals surface area contributed by atoms with Crippen LogP contribution in [0.3, 0.4) is 0 Å². The summed E-state index contributed by atoms with van der Waals surface area (Å²) >= 11 is 0. The van der Waals surface area contributed by atoms with Crippen molar-refractivity contribution in [1.82, 2.24) is 0 Å². The summed E-state index contributed by atoms with van der Waals surface area (Å²) in [5, 5.41) is 0. The molecule has 0 N–H and O–H groups in total. The van der Waals surface area contributed by atoms with Gasteiger partial charge in [-0.25, -0.2) is 0 Å². The fourth-order valence-corrected chi connectivity index (χ4v) is 2.13. The highest BCUT2D eigenvalue weighted by atomic mass is 16.1. The van der Waals surface area contributed by atoms with Crippen LogP contribution in [-0.4, -0.2) is 5.78 Å². The molecule has 1 heteroatoms. The van der Waals surface area contributed by atoms with E-state index in [-0.39, 0.29) is 5.41 Å². The molecule has 0 radical (unpaired) electrons. The van der Waals surface area contributed by atoms with Crippen molar-refractivity contribution >= 4 is 5.78 Å². The van der Waals surface area contributed by atoms with Gasteiger partial charge in [-0.05, 0) is 33.1 Å². The molecule has 0 aromatic carbocycles. The van der Waals surface area contributed by atoms with E-state index in [9.17, 15) is 4.79 Å². The number of hydrogen-bond donors (Lipinski definition) is 0. The molecular formula is C12H18O. The predicted molar refractivity (Wildman–Crippen MR) is 55.5 cm³/mol. The summed E-state index contributed by atoms with van der Waals surface area (Å²) in [6.07, 6.45) is 7.54. The monoisotopic (exact) mass is 178 g/mol. The molecule has 1 aliphatic rings. The summed E-state index contributed by atoms with van der Waals surface area (Å²) in [6, 6.07) is 0. The highest BCUT2D eigenvalue weighted by Crippen LogP contribution is 2.43. The SMILES string of the molecule is C=CCCC1(C)C(=O)CC/C1=C\C. The number of Topliss-reactive ketones (excluding diaryl/α,β-unsaturated/α-hetero) is 1. The maximum atomic E-state index is 11.7. The molecule has 13 heavy (non-hydrogen) atoms. The molecular weight excluding hydrogens is 160 g/mol. The van der Waals surface area contributed by atoms with Crippen molar-refractivity contribution in [1.29, 1.82) is 0 Å². The summed E-state index contributed by atoms with van der Waals surface area (Å²) in [4.78, 5) is 11.7. The fourth-order valence-electron chi connectivity index (χ4n) is 2.13. The van der Waals surface area contributed by atoms with E-state index in [4.69, 9.17) is 0 Å². The lowest BCUT2D eigenvalue weighted by Gasteiger charge is -2.23. The maximum Gasteiger partial charge on any atom is 0.143 e. The molecule has 1 saturated carbocycles. The zero-order chi connectivity index (χ0) is 9.90. The van der Waals surface area contributed by atoms with Crippen LogP contribution in [0.15, 0.2) is 24.3 Å². The minimum atomic E-state index is -0.178. The second-order valence-corrected chi connectivity index (χ2v) is 3.90. The summed E-state index contributed by atoms with van der Waals surface area (Å²) in [5.74, 6) is 0.405. The molecule has 0 spiro atoms. The molecule has 0 aliphatic heterocycles. The van der Waals surface area contributed by atoms with E-state index < -0.39 is 0 Å². The van der Waals surface area contributed by atoms with E-state index in [0.29, 0.717) is 5.78 Å². The lowest BCUT2D eigenvalue weighted by molar-refractivity contribution is -0.124. The van der Waals surface area contributed by atoms with Gasteiger partial charge in [-0.1, -0.05) is 17.7 Å². The van der Waals surface area contributed by atoms with Gasteiger partial charge < -0.3 is 0 Å². The van der Waals surface area contributed by atoms with Gasteiger partial charge in [-0.3, -0.25) is 4.79 Å². The first-order chi connectivity index (χ1) is 6.15. The third-order valence-electron chi connectivity index (χ3n) is 3.14. The number of carbonyl (C=O) groups is 1. The van der Waals surface area contributed by atoms with E-state index >= 15 is 0 Å². The Morgan fingerprint density at radius 1 is 1.54 bits per heavy atom. The van der Waals surface area contributed by atoms with Crippen LogP contribution in [0.2, 0.25) is 0 Å². The summed E-state index contributed by atoms with van der Waals surface area (Å²) in [5.41, 5.74) is 1.14. The van der Waals surface area contributed by atoms with E-state index in [1.165, 1.54) is 5.57 Å². The quantitative estimate of drug-likeness (QED) is 0.606. The average Bonchev–Trinajstić information content (AvgIpc) is 2.41. The number of rotatable bonds is 3. The Hall–Kier alpha value is -0.850. The van der Waals surface area contributed by atoms with Gasteiger partial charge in [-0.2, -0.15) is 0 Å². The van der Waals surface area contributed by atoms with Crippen LogP contribution in [0.25, 0.3) is 0 Å². The Labute approximate surface area is 80.5 Å². The van der Waals surface area contributed by atoms with Gasteiger partial charge in [0.15, 0.2) is 0 Å². The van der Waals surface area contributed by atoms with Gasteiger partial charge in [-0.15, -0.1) is 6.58 Å². The predicted octanol–water partition coefficient (Wildman–Crippen LogP) is 3.27. The lowest BCUT2D eigenvalue weighted by atomic mass is 9.79. The Bertz CT molecular complexity index is 250. The van der Waals surface area contributed by atoms with Crippen molar-refractivity contribution in [2.45, 2.75) is 39.5 Å². The minimum absolute atomic E-state index is 0.178. The molecule has 1 nitrogen and oxygen atoms in total. The van der Waals surface area contributed by atoms with Crippen LogP contribution < -0.4 is 0 Å². The zero-order valence-electron chi connectivity index (χ0n) is 8.60. The van der Waals surface area contributed by atoms with Crippen molar-refractivity contribution in [2.75, 3.05) is 0 Å².